The molecule has 2 N–H and O–H groups in total. The highest BCUT2D eigenvalue weighted by Gasteiger charge is 2.02. The first-order valence-corrected chi connectivity index (χ1v) is 10.1. The summed E-state index contributed by atoms with van der Waals surface area (Å²) in [6.45, 7) is 1.52. The van der Waals surface area contributed by atoms with Gasteiger partial charge < -0.3 is 10.7 Å². The van der Waals surface area contributed by atoms with Gasteiger partial charge in [0.2, 0.25) is 5.95 Å². The molecule has 0 saturated heterocycles. The van der Waals surface area contributed by atoms with Crippen LogP contribution >= 0.6 is 0 Å². The average Bonchev–Trinajstić information content (AvgIpc) is 3.31. The second kappa shape index (κ2) is 10.5. The summed E-state index contributed by atoms with van der Waals surface area (Å²) in [6, 6.07) is 28.4. The molecule has 5 rings (SSSR count). The van der Waals surface area contributed by atoms with E-state index in [-0.39, 0.29) is 0 Å². The van der Waals surface area contributed by atoms with E-state index in [1.807, 2.05) is 71.5 Å². The molecule has 3 aromatic carbocycles. The predicted molar refractivity (Wildman–Crippen MR) is 125 cm³/mol. The van der Waals surface area contributed by atoms with Crippen molar-refractivity contribution in [1.29, 1.82) is 0 Å². The van der Waals surface area contributed by atoms with Gasteiger partial charge in [0, 0.05) is 31.3 Å². The molecule has 0 aliphatic carbocycles. The van der Waals surface area contributed by atoms with E-state index in [1.54, 1.807) is 18.6 Å². The Labute approximate surface area is 181 Å². The maximum Gasteiger partial charge on any atom is 0.222 e. The standard InChI is InChI=1S/C17H18N4.C8H6N2/c1-3-7-15(8-4-1)13-19-17-18-11-12-21(17)20-14-16-9-5-2-6-10-16;1-2-4-8-7(3-1)9-5-6-10-8/h1-12,20H,13-14H2,(H,18,19);1-6H. The van der Waals surface area contributed by atoms with Crippen LogP contribution in [0.3, 0.4) is 0 Å². The van der Waals surface area contributed by atoms with E-state index in [9.17, 15) is 0 Å². The second-order valence-corrected chi connectivity index (χ2v) is 6.83. The molecular formula is C25H24N6. The Morgan fingerprint density at radius 1 is 0.581 bits per heavy atom. The van der Waals surface area contributed by atoms with E-state index in [0.29, 0.717) is 0 Å². The highest BCUT2D eigenvalue weighted by atomic mass is 15.5. The van der Waals surface area contributed by atoms with E-state index in [1.165, 1.54) is 11.1 Å². The molecule has 0 aliphatic rings. The molecule has 31 heavy (non-hydrogen) atoms. The molecule has 0 spiro atoms. The number of rotatable bonds is 6. The summed E-state index contributed by atoms with van der Waals surface area (Å²) in [6.07, 6.45) is 7.09. The largest absolute Gasteiger partial charge is 0.350 e. The lowest BCUT2D eigenvalue weighted by Crippen LogP contribution is -2.17. The zero-order valence-electron chi connectivity index (χ0n) is 17.1. The van der Waals surface area contributed by atoms with Gasteiger partial charge in [-0.3, -0.25) is 9.97 Å². The van der Waals surface area contributed by atoms with Crippen molar-refractivity contribution in [2.24, 2.45) is 0 Å². The number of fused-ring (bicyclic) bond motifs is 1. The van der Waals surface area contributed by atoms with Crippen molar-refractivity contribution < 1.29 is 0 Å². The van der Waals surface area contributed by atoms with Gasteiger partial charge in [0.15, 0.2) is 0 Å². The summed E-state index contributed by atoms with van der Waals surface area (Å²) in [5.41, 5.74) is 7.70. The number of para-hydroxylation sites is 2. The molecule has 0 atom stereocenters. The van der Waals surface area contributed by atoms with Crippen molar-refractivity contribution in [1.82, 2.24) is 19.6 Å². The average molecular weight is 409 g/mol. The Morgan fingerprint density at radius 2 is 1.13 bits per heavy atom. The van der Waals surface area contributed by atoms with Crippen molar-refractivity contribution in [3.05, 3.63) is 121 Å². The Balaban J connectivity index is 0.000000192. The van der Waals surface area contributed by atoms with Crippen LogP contribution in [0.1, 0.15) is 11.1 Å². The Hall–Kier alpha value is -4.19. The third kappa shape index (κ3) is 5.90. The van der Waals surface area contributed by atoms with E-state index in [0.717, 1.165) is 30.1 Å². The van der Waals surface area contributed by atoms with Gasteiger partial charge in [0.1, 0.15) is 0 Å². The maximum absolute atomic E-state index is 4.33. The van der Waals surface area contributed by atoms with Crippen LogP contribution < -0.4 is 10.7 Å². The Morgan fingerprint density at radius 3 is 1.74 bits per heavy atom. The van der Waals surface area contributed by atoms with Crippen molar-refractivity contribution >= 4 is 17.0 Å². The van der Waals surface area contributed by atoms with E-state index < -0.39 is 0 Å². The van der Waals surface area contributed by atoms with Crippen molar-refractivity contribution in [2.75, 3.05) is 10.7 Å². The lowest BCUT2D eigenvalue weighted by atomic mass is 10.2. The molecule has 6 nitrogen and oxygen atoms in total. The van der Waals surface area contributed by atoms with Crippen LogP contribution in [-0.2, 0) is 13.1 Å². The van der Waals surface area contributed by atoms with Gasteiger partial charge in [0.25, 0.3) is 0 Å². The highest BCUT2D eigenvalue weighted by molar-refractivity contribution is 5.72. The van der Waals surface area contributed by atoms with Crippen LogP contribution in [0.2, 0.25) is 0 Å². The normalized spacial score (nSPS) is 10.2. The molecule has 0 amide bonds. The number of benzene rings is 3. The van der Waals surface area contributed by atoms with Crippen LogP contribution in [0.25, 0.3) is 11.0 Å². The minimum Gasteiger partial charge on any atom is -0.350 e. The smallest absolute Gasteiger partial charge is 0.222 e. The molecular weight excluding hydrogens is 384 g/mol. The van der Waals surface area contributed by atoms with Crippen molar-refractivity contribution in [3.63, 3.8) is 0 Å². The van der Waals surface area contributed by atoms with Gasteiger partial charge in [0.05, 0.1) is 17.6 Å². The van der Waals surface area contributed by atoms with Crippen molar-refractivity contribution in [3.8, 4) is 0 Å². The Kier molecular flexibility index (Phi) is 6.84. The number of aromatic nitrogens is 4. The molecule has 154 valence electrons. The predicted octanol–water partition coefficient (Wildman–Crippen LogP) is 4.87. The van der Waals surface area contributed by atoms with E-state index in [4.69, 9.17) is 0 Å². The molecule has 0 fully saturated rings. The van der Waals surface area contributed by atoms with Crippen LogP contribution in [0, 0.1) is 0 Å². The summed E-state index contributed by atoms with van der Waals surface area (Å²) in [7, 11) is 0. The van der Waals surface area contributed by atoms with Crippen LogP contribution in [0.15, 0.2) is 110 Å². The Bertz CT molecular complexity index is 1060. The van der Waals surface area contributed by atoms with E-state index in [2.05, 4.69) is 50.0 Å². The molecule has 2 aromatic heterocycles. The minimum absolute atomic E-state index is 0.755. The molecule has 2 heterocycles. The number of nitrogens with one attached hydrogen (secondary N) is 2. The fourth-order valence-corrected chi connectivity index (χ4v) is 3.02. The van der Waals surface area contributed by atoms with Crippen LogP contribution in [0.5, 0.6) is 0 Å². The van der Waals surface area contributed by atoms with Gasteiger partial charge in [-0.1, -0.05) is 72.8 Å². The first-order valence-electron chi connectivity index (χ1n) is 10.1. The quantitative estimate of drug-likeness (QED) is 0.420. The number of anilines is 1. The van der Waals surface area contributed by atoms with Gasteiger partial charge >= 0.3 is 0 Å². The second-order valence-electron chi connectivity index (χ2n) is 6.83. The molecule has 0 saturated carbocycles. The zero-order valence-corrected chi connectivity index (χ0v) is 17.1. The number of imidazole rings is 1. The van der Waals surface area contributed by atoms with Gasteiger partial charge in [-0.15, -0.1) is 0 Å². The lowest BCUT2D eigenvalue weighted by molar-refractivity contribution is 0.836. The summed E-state index contributed by atoms with van der Waals surface area (Å²) >= 11 is 0. The summed E-state index contributed by atoms with van der Waals surface area (Å²) < 4.78 is 1.91. The fraction of sp³-hybridized carbons (Fsp3) is 0.0800. The third-order valence-corrected chi connectivity index (χ3v) is 4.61. The molecule has 5 aromatic rings. The van der Waals surface area contributed by atoms with Crippen molar-refractivity contribution in [2.45, 2.75) is 13.1 Å². The third-order valence-electron chi connectivity index (χ3n) is 4.61. The molecule has 0 bridgehead atoms. The first kappa shape index (κ1) is 20.1. The minimum atomic E-state index is 0.755. The lowest BCUT2D eigenvalue weighted by Gasteiger charge is -2.12. The molecule has 6 heteroatoms. The number of hydrogen-bond acceptors (Lipinski definition) is 5. The van der Waals surface area contributed by atoms with Crippen LogP contribution in [0.4, 0.5) is 5.95 Å². The van der Waals surface area contributed by atoms with Crippen LogP contribution in [-0.4, -0.2) is 19.6 Å². The topological polar surface area (TPSA) is 67.7 Å². The number of nitrogens with zero attached hydrogens (tertiary/aromatic N) is 4. The summed E-state index contributed by atoms with van der Waals surface area (Å²) in [5.74, 6) is 0.815. The molecule has 0 aliphatic heterocycles. The summed E-state index contributed by atoms with van der Waals surface area (Å²) in [5, 5.41) is 3.34. The number of hydrogen-bond donors (Lipinski definition) is 2. The molecule has 0 unspecified atom stereocenters. The van der Waals surface area contributed by atoms with Gasteiger partial charge in [-0.05, 0) is 23.3 Å². The SMILES string of the molecule is c1ccc(CNc2nccn2NCc2ccccc2)cc1.c1ccc2nccnc2c1. The zero-order chi connectivity index (χ0) is 21.1. The fourth-order valence-electron chi connectivity index (χ4n) is 3.02. The summed E-state index contributed by atoms with van der Waals surface area (Å²) in [4.78, 5) is 12.6. The first-order chi connectivity index (χ1) is 15.4. The van der Waals surface area contributed by atoms with Gasteiger partial charge in [-0.25, -0.2) is 9.66 Å². The monoisotopic (exact) mass is 408 g/mol. The van der Waals surface area contributed by atoms with Gasteiger partial charge in [-0.2, -0.15) is 0 Å². The maximum atomic E-state index is 4.33. The highest BCUT2D eigenvalue weighted by Crippen LogP contribution is 2.07. The van der Waals surface area contributed by atoms with E-state index >= 15 is 0 Å². The molecule has 0 radical (unpaired) electrons.